The zero-order valence-electron chi connectivity index (χ0n) is 14.6. The molecule has 3 aliphatic carbocycles. The molecular formula is C19H28O4. The third-order valence-corrected chi connectivity index (χ3v) is 7.44. The molecule has 2 fully saturated rings. The molecule has 0 aromatic rings. The van der Waals surface area contributed by atoms with Gasteiger partial charge < -0.3 is 9.84 Å². The van der Waals surface area contributed by atoms with Crippen molar-refractivity contribution in [1.82, 2.24) is 0 Å². The van der Waals surface area contributed by atoms with Crippen molar-refractivity contribution in [3.05, 3.63) is 11.8 Å². The lowest BCUT2D eigenvalue weighted by atomic mass is 9.41. The molecule has 1 N–H and O–H groups in total. The number of carbonyl (C=O) groups excluding carboxylic acids is 2. The first kappa shape index (κ1) is 16.5. The van der Waals surface area contributed by atoms with E-state index in [9.17, 15) is 14.7 Å². The quantitative estimate of drug-likeness (QED) is 0.746. The number of ether oxygens (including phenoxy) is 1. The first-order chi connectivity index (χ1) is 10.7. The van der Waals surface area contributed by atoms with Crippen molar-refractivity contribution in [2.45, 2.75) is 59.3 Å². The molecular weight excluding hydrogens is 292 g/mol. The lowest BCUT2D eigenvalue weighted by Crippen LogP contribution is -2.60. The van der Waals surface area contributed by atoms with Crippen LogP contribution in [0, 0.1) is 28.1 Å². The molecule has 0 spiro atoms. The van der Waals surface area contributed by atoms with Crippen molar-refractivity contribution in [2.24, 2.45) is 28.1 Å². The Morgan fingerprint density at radius 3 is 2.57 bits per heavy atom. The van der Waals surface area contributed by atoms with Gasteiger partial charge >= 0.3 is 5.97 Å². The van der Waals surface area contributed by atoms with Gasteiger partial charge in [0.05, 0.1) is 12.5 Å². The molecule has 128 valence electrons. The predicted octanol–water partition coefficient (Wildman–Crippen LogP) is 3.80. The summed E-state index contributed by atoms with van der Waals surface area (Å²) < 4.78 is 5.13. The van der Waals surface area contributed by atoms with Crippen molar-refractivity contribution >= 4 is 11.8 Å². The Labute approximate surface area is 138 Å². The third kappa shape index (κ3) is 2.03. The van der Waals surface area contributed by atoms with Gasteiger partial charge in [0.1, 0.15) is 0 Å². The number of allylic oxidation sites excluding steroid dienone is 2. The molecule has 5 atom stereocenters. The minimum absolute atomic E-state index is 0.0684. The first-order valence-electron chi connectivity index (χ1n) is 8.72. The van der Waals surface area contributed by atoms with E-state index in [-0.39, 0.29) is 34.8 Å². The summed E-state index contributed by atoms with van der Waals surface area (Å²) in [5.41, 5.74) is -1.03. The normalized spacial score (nSPS) is 46.4. The maximum Gasteiger partial charge on any atom is 0.311 e. The maximum atomic E-state index is 12.6. The highest BCUT2D eigenvalue weighted by molar-refractivity contribution is 5.98. The number of carbonyl (C=O) groups is 2. The summed E-state index contributed by atoms with van der Waals surface area (Å²) in [6.45, 7) is 6.31. The van der Waals surface area contributed by atoms with Crippen LogP contribution in [0.3, 0.4) is 0 Å². The molecule has 4 heteroatoms. The Kier molecular flexibility index (Phi) is 3.66. The van der Waals surface area contributed by atoms with Gasteiger partial charge in [-0.05, 0) is 62.4 Å². The molecule has 0 radical (unpaired) electrons. The standard InChI is InChI=1S/C19H28O4/c1-17-9-5-10-19(3,16(22)23-4)14(17)8-11-18(2)13(17)7-6-12(20)15(18)21/h6,13-14,20H,5,7-11H2,1-4H3/t13?,14?,17-,18-,19?/m1/s1. The summed E-state index contributed by atoms with van der Waals surface area (Å²) in [5.74, 6) is 0.116. The van der Waals surface area contributed by atoms with Crippen LogP contribution in [0.25, 0.3) is 0 Å². The number of hydrogen-bond acceptors (Lipinski definition) is 4. The number of ketones is 1. The van der Waals surface area contributed by atoms with Crippen LogP contribution < -0.4 is 0 Å². The summed E-state index contributed by atoms with van der Waals surface area (Å²) in [6, 6.07) is 0. The second kappa shape index (κ2) is 5.09. The van der Waals surface area contributed by atoms with Gasteiger partial charge in [0, 0.05) is 5.41 Å². The SMILES string of the molecule is COC(=O)C1(C)CCC[C@@]2(C)C1CC[C@@]1(C)C(=O)C(O)=CCC21. The van der Waals surface area contributed by atoms with Crippen molar-refractivity contribution < 1.29 is 19.4 Å². The molecule has 2 saturated carbocycles. The third-order valence-electron chi connectivity index (χ3n) is 7.44. The highest BCUT2D eigenvalue weighted by Crippen LogP contribution is 2.66. The van der Waals surface area contributed by atoms with E-state index in [1.807, 2.05) is 13.8 Å². The number of methoxy groups -OCH3 is 1. The fourth-order valence-electron chi connectivity index (χ4n) is 6.22. The smallest absolute Gasteiger partial charge is 0.311 e. The molecule has 23 heavy (non-hydrogen) atoms. The fraction of sp³-hybridized carbons (Fsp3) is 0.789. The van der Waals surface area contributed by atoms with Crippen LogP contribution in [-0.4, -0.2) is 24.0 Å². The Morgan fingerprint density at radius 2 is 1.91 bits per heavy atom. The van der Waals surface area contributed by atoms with Crippen molar-refractivity contribution in [2.75, 3.05) is 7.11 Å². The molecule has 0 amide bonds. The molecule has 4 nitrogen and oxygen atoms in total. The largest absolute Gasteiger partial charge is 0.505 e. The monoisotopic (exact) mass is 320 g/mol. The molecule has 0 saturated heterocycles. The Morgan fingerprint density at radius 1 is 1.22 bits per heavy atom. The summed E-state index contributed by atoms with van der Waals surface area (Å²) in [7, 11) is 1.47. The first-order valence-corrected chi connectivity index (χ1v) is 8.72. The van der Waals surface area contributed by atoms with Crippen LogP contribution in [0.5, 0.6) is 0 Å². The highest BCUT2D eigenvalue weighted by atomic mass is 16.5. The van der Waals surface area contributed by atoms with Gasteiger partial charge in [0.15, 0.2) is 5.76 Å². The van der Waals surface area contributed by atoms with E-state index >= 15 is 0 Å². The molecule has 3 unspecified atom stereocenters. The highest BCUT2D eigenvalue weighted by Gasteiger charge is 2.64. The molecule has 0 bridgehead atoms. The molecule has 0 aromatic carbocycles. The van der Waals surface area contributed by atoms with Gasteiger partial charge in [-0.1, -0.05) is 20.3 Å². The van der Waals surface area contributed by atoms with E-state index in [0.29, 0.717) is 0 Å². The predicted molar refractivity (Wildman–Crippen MR) is 86.7 cm³/mol. The van der Waals surface area contributed by atoms with E-state index in [0.717, 1.165) is 38.5 Å². The summed E-state index contributed by atoms with van der Waals surface area (Å²) in [6.07, 6.45) is 6.86. The van der Waals surface area contributed by atoms with Crippen LogP contribution in [0.15, 0.2) is 11.8 Å². The number of hydrogen-bond donors (Lipinski definition) is 1. The number of Topliss-reactive ketones (excluding diaryl/α,β-unsaturated/α-hetero) is 1. The fourth-order valence-corrected chi connectivity index (χ4v) is 6.22. The molecule has 0 aromatic heterocycles. The van der Waals surface area contributed by atoms with Crippen LogP contribution in [0.4, 0.5) is 0 Å². The summed E-state index contributed by atoms with van der Waals surface area (Å²) >= 11 is 0. The molecule has 0 heterocycles. The van der Waals surface area contributed by atoms with Gasteiger partial charge in [-0.25, -0.2) is 0 Å². The number of fused-ring (bicyclic) bond motifs is 3. The van der Waals surface area contributed by atoms with Crippen molar-refractivity contribution in [3.8, 4) is 0 Å². The zero-order chi connectivity index (χ0) is 17.0. The van der Waals surface area contributed by atoms with Crippen LogP contribution in [0.2, 0.25) is 0 Å². The van der Waals surface area contributed by atoms with Gasteiger partial charge in [-0.15, -0.1) is 0 Å². The molecule has 0 aliphatic heterocycles. The maximum absolute atomic E-state index is 12.6. The van der Waals surface area contributed by atoms with Gasteiger partial charge in [-0.2, -0.15) is 0 Å². The van der Waals surface area contributed by atoms with E-state index in [1.54, 1.807) is 6.08 Å². The summed E-state index contributed by atoms with van der Waals surface area (Å²) in [5, 5.41) is 9.93. The van der Waals surface area contributed by atoms with Gasteiger partial charge in [0.25, 0.3) is 0 Å². The second-order valence-electron chi connectivity index (χ2n) is 8.48. The Bertz CT molecular complexity index is 580. The second-order valence-corrected chi connectivity index (χ2v) is 8.48. The van der Waals surface area contributed by atoms with Gasteiger partial charge in [0.2, 0.25) is 5.78 Å². The number of esters is 1. The van der Waals surface area contributed by atoms with Crippen LogP contribution in [0.1, 0.15) is 59.3 Å². The lowest BCUT2D eigenvalue weighted by molar-refractivity contribution is -0.182. The van der Waals surface area contributed by atoms with Crippen LogP contribution in [-0.2, 0) is 14.3 Å². The Hall–Kier alpha value is -1.32. The minimum Gasteiger partial charge on any atom is -0.505 e. The minimum atomic E-state index is -0.502. The summed E-state index contributed by atoms with van der Waals surface area (Å²) in [4.78, 5) is 25.1. The van der Waals surface area contributed by atoms with E-state index in [2.05, 4.69) is 6.92 Å². The number of aliphatic hydroxyl groups is 1. The van der Waals surface area contributed by atoms with Gasteiger partial charge in [-0.3, -0.25) is 9.59 Å². The van der Waals surface area contributed by atoms with Crippen molar-refractivity contribution in [1.29, 1.82) is 0 Å². The van der Waals surface area contributed by atoms with E-state index < -0.39 is 10.8 Å². The Balaban J connectivity index is 2.05. The lowest BCUT2D eigenvalue weighted by Gasteiger charge is -2.62. The number of rotatable bonds is 1. The topological polar surface area (TPSA) is 63.6 Å². The molecule has 3 aliphatic rings. The van der Waals surface area contributed by atoms with E-state index in [4.69, 9.17) is 4.74 Å². The number of aliphatic hydroxyl groups excluding tert-OH is 1. The van der Waals surface area contributed by atoms with Crippen molar-refractivity contribution in [3.63, 3.8) is 0 Å². The average molecular weight is 320 g/mol. The molecule has 3 rings (SSSR count). The van der Waals surface area contributed by atoms with Crippen LogP contribution >= 0.6 is 0 Å². The zero-order valence-corrected chi connectivity index (χ0v) is 14.6. The van der Waals surface area contributed by atoms with E-state index in [1.165, 1.54) is 7.11 Å². The average Bonchev–Trinajstić information content (AvgIpc) is 2.50.